The summed E-state index contributed by atoms with van der Waals surface area (Å²) < 4.78 is 0. The van der Waals surface area contributed by atoms with Crippen LogP contribution in [0, 0.1) is 0 Å². The van der Waals surface area contributed by atoms with Gasteiger partial charge in [0.15, 0.2) is 0 Å². The summed E-state index contributed by atoms with van der Waals surface area (Å²) in [7, 11) is 0. The first-order valence-corrected chi connectivity index (χ1v) is 7.98. The third-order valence-electron chi connectivity index (χ3n) is 4.88. The van der Waals surface area contributed by atoms with Gasteiger partial charge in [0.1, 0.15) is 0 Å². The molecular weight excluding hydrogens is 276 g/mol. The molecule has 23 heavy (non-hydrogen) atoms. The van der Waals surface area contributed by atoms with Gasteiger partial charge in [0.2, 0.25) is 0 Å². The van der Waals surface area contributed by atoms with Crippen LogP contribution < -0.4 is 0 Å². The summed E-state index contributed by atoms with van der Waals surface area (Å²) in [5.74, 6) is 0. The highest BCUT2D eigenvalue weighted by Gasteiger charge is 2.42. The highest BCUT2D eigenvalue weighted by Crippen LogP contribution is 2.51. The zero-order chi connectivity index (χ0) is 16.4. The van der Waals surface area contributed by atoms with Crippen molar-refractivity contribution in [3.63, 3.8) is 0 Å². The molecule has 114 valence electrons. The number of hydrogen-bond acceptors (Lipinski definition) is 0. The lowest BCUT2D eigenvalue weighted by atomic mass is 9.69. The monoisotopic (exact) mass is 298 g/mol. The lowest BCUT2D eigenvalue weighted by Crippen LogP contribution is -2.29. The van der Waals surface area contributed by atoms with Gasteiger partial charge in [-0.15, -0.1) is 0 Å². The summed E-state index contributed by atoms with van der Waals surface area (Å²) in [6.45, 7) is 14.4. The summed E-state index contributed by atoms with van der Waals surface area (Å²) >= 11 is 0. The van der Waals surface area contributed by atoms with Crippen LogP contribution in [0.5, 0.6) is 0 Å². The lowest BCUT2D eigenvalue weighted by Gasteiger charge is -2.33. The highest BCUT2D eigenvalue weighted by molar-refractivity contribution is 5.94. The third-order valence-corrected chi connectivity index (χ3v) is 4.88. The summed E-state index contributed by atoms with van der Waals surface area (Å²) in [4.78, 5) is 0. The van der Waals surface area contributed by atoms with E-state index < -0.39 is 0 Å². The van der Waals surface area contributed by atoms with E-state index in [1.807, 2.05) is 25.2 Å². The smallest absolute Gasteiger partial charge is 0.0491 e. The molecule has 0 spiro atoms. The van der Waals surface area contributed by atoms with Gasteiger partial charge in [-0.3, -0.25) is 0 Å². The molecule has 0 radical (unpaired) electrons. The van der Waals surface area contributed by atoms with Crippen LogP contribution in [0.2, 0.25) is 0 Å². The molecule has 1 unspecified atom stereocenters. The van der Waals surface area contributed by atoms with E-state index >= 15 is 0 Å². The van der Waals surface area contributed by atoms with Crippen LogP contribution in [0.1, 0.15) is 18.1 Å². The molecule has 0 bridgehead atoms. The van der Waals surface area contributed by atoms with E-state index in [0.29, 0.717) is 0 Å². The molecule has 0 nitrogen and oxygen atoms in total. The van der Waals surface area contributed by atoms with E-state index in [9.17, 15) is 0 Å². The maximum atomic E-state index is 4.34. The van der Waals surface area contributed by atoms with Crippen LogP contribution in [0.4, 0.5) is 0 Å². The van der Waals surface area contributed by atoms with Crippen molar-refractivity contribution >= 4 is 10.8 Å². The molecule has 0 aliphatic heterocycles. The van der Waals surface area contributed by atoms with Crippen molar-refractivity contribution in [2.24, 2.45) is 0 Å². The van der Waals surface area contributed by atoms with Crippen LogP contribution >= 0.6 is 0 Å². The van der Waals surface area contributed by atoms with Gasteiger partial charge in [-0.05, 0) is 46.4 Å². The minimum absolute atomic E-state index is 0.272. The molecule has 0 amide bonds. The van der Waals surface area contributed by atoms with Crippen LogP contribution in [0.3, 0.4) is 0 Å². The highest BCUT2D eigenvalue weighted by atomic mass is 14.4. The van der Waals surface area contributed by atoms with Crippen molar-refractivity contribution in [3.8, 4) is 0 Å². The Labute approximate surface area is 138 Å². The molecule has 0 fully saturated rings. The quantitative estimate of drug-likeness (QED) is 0.588. The number of hydrogen-bond donors (Lipinski definition) is 0. The molecule has 3 rings (SSSR count). The van der Waals surface area contributed by atoms with Gasteiger partial charge in [0, 0.05) is 5.41 Å². The number of allylic oxidation sites excluding steroid dienone is 7. The Morgan fingerprint density at radius 3 is 2.48 bits per heavy atom. The Bertz CT molecular complexity index is 855. The Kier molecular flexibility index (Phi) is 3.92. The van der Waals surface area contributed by atoms with E-state index in [2.05, 4.69) is 68.3 Å². The van der Waals surface area contributed by atoms with E-state index in [1.165, 1.54) is 27.5 Å². The van der Waals surface area contributed by atoms with E-state index in [4.69, 9.17) is 0 Å². The van der Waals surface area contributed by atoms with Gasteiger partial charge in [0.25, 0.3) is 0 Å². The molecule has 1 aliphatic carbocycles. The molecule has 0 heterocycles. The van der Waals surface area contributed by atoms with Gasteiger partial charge in [-0.2, -0.15) is 0 Å². The Morgan fingerprint density at radius 2 is 1.83 bits per heavy atom. The normalized spacial score (nSPS) is 20.1. The van der Waals surface area contributed by atoms with Crippen LogP contribution in [0.25, 0.3) is 10.8 Å². The van der Waals surface area contributed by atoms with Crippen LogP contribution in [-0.2, 0) is 11.8 Å². The molecule has 0 N–H and O–H groups in total. The minimum Gasteiger partial charge on any atom is -0.0988 e. The number of benzene rings is 2. The number of rotatable bonds is 5. The summed E-state index contributed by atoms with van der Waals surface area (Å²) in [5, 5.41) is 2.64. The fraction of sp³-hybridized carbons (Fsp3) is 0.130. The van der Waals surface area contributed by atoms with Crippen molar-refractivity contribution in [3.05, 3.63) is 109 Å². The average Bonchev–Trinajstić information content (AvgIpc) is 2.93. The first kappa shape index (κ1) is 15.3. The van der Waals surface area contributed by atoms with E-state index in [-0.39, 0.29) is 5.41 Å². The third kappa shape index (κ3) is 2.14. The largest absolute Gasteiger partial charge is 0.0988 e. The SMILES string of the molecule is C=CC(=C)C1(/C(C=C)=C/C=C\C)Cc2cccc3cccc1c23. The lowest BCUT2D eigenvalue weighted by molar-refractivity contribution is 0.641. The summed E-state index contributed by atoms with van der Waals surface area (Å²) in [5.41, 5.74) is 4.60. The van der Waals surface area contributed by atoms with Gasteiger partial charge < -0.3 is 0 Å². The second kappa shape index (κ2) is 5.89. The molecule has 0 saturated carbocycles. The van der Waals surface area contributed by atoms with Gasteiger partial charge in [0.05, 0.1) is 0 Å². The van der Waals surface area contributed by atoms with Gasteiger partial charge >= 0.3 is 0 Å². The topological polar surface area (TPSA) is 0 Å². The van der Waals surface area contributed by atoms with Crippen molar-refractivity contribution in [2.45, 2.75) is 18.8 Å². The Morgan fingerprint density at radius 1 is 1.09 bits per heavy atom. The standard InChI is InChI=1S/C23H22/c1-5-8-14-20(7-3)23(17(4)6-2)16-19-13-9-11-18-12-10-15-21(23)22(18)19/h5-15H,2-4,16H2,1H3/b8-5-,20-14+. The first-order valence-electron chi connectivity index (χ1n) is 7.98. The van der Waals surface area contributed by atoms with Gasteiger partial charge in [-0.25, -0.2) is 0 Å². The van der Waals surface area contributed by atoms with E-state index in [1.54, 1.807) is 0 Å². The second-order valence-corrected chi connectivity index (χ2v) is 5.98. The molecule has 0 saturated heterocycles. The molecule has 2 aromatic rings. The maximum absolute atomic E-state index is 4.34. The Balaban J connectivity index is 2.37. The van der Waals surface area contributed by atoms with Crippen LogP contribution in [0.15, 0.2) is 97.7 Å². The second-order valence-electron chi connectivity index (χ2n) is 5.98. The molecular formula is C23H22. The summed E-state index contributed by atoms with van der Waals surface area (Å²) in [6.07, 6.45) is 11.0. The van der Waals surface area contributed by atoms with Gasteiger partial charge in [-0.1, -0.05) is 86.5 Å². The summed E-state index contributed by atoms with van der Waals surface area (Å²) in [6, 6.07) is 13.1. The fourth-order valence-electron chi connectivity index (χ4n) is 3.79. The molecule has 1 aliphatic rings. The zero-order valence-corrected chi connectivity index (χ0v) is 13.7. The van der Waals surface area contributed by atoms with Crippen molar-refractivity contribution in [2.75, 3.05) is 0 Å². The molecule has 0 heteroatoms. The zero-order valence-electron chi connectivity index (χ0n) is 13.7. The molecule has 0 aromatic heterocycles. The first-order chi connectivity index (χ1) is 11.2. The predicted molar refractivity (Wildman–Crippen MR) is 102 cm³/mol. The average molecular weight is 298 g/mol. The van der Waals surface area contributed by atoms with Crippen molar-refractivity contribution < 1.29 is 0 Å². The van der Waals surface area contributed by atoms with Crippen molar-refractivity contribution in [1.82, 2.24) is 0 Å². The molecule has 1 atom stereocenters. The Hall–Kier alpha value is -2.60. The fourth-order valence-corrected chi connectivity index (χ4v) is 3.79. The van der Waals surface area contributed by atoms with Crippen LogP contribution in [-0.4, -0.2) is 0 Å². The molecule has 2 aromatic carbocycles. The predicted octanol–water partition coefficient (Wildman–Crippen LogP) is 6.06. The van der Waals surface area contributed by atoms with E-state index in [0.717, 1.165) is 12.0 Å². The maximum Gasteiger partial charge on any atom is 0.0491 e. The minimum atomic E-state index is -0.272. The van der Waals surface area contributed by atoms with Crippen molar-refractivity contribution in [1.29, 1.82) is 0 Å².